The maximum Gasteiger partial charge on any atom is 0.263 e. The SMILES string of the molecule is C=CCn1c(SCC(=O)N(C)Cc2ccc(Br)cc2)nc2sc(C)c(C)c2c1=O. The summed E-state index contributed by atoms with van der Waals surface area (Å²) in [6, 6.07) is 7.89. The van der Waals surface area contributed by atoms with Crippen molar-refractivity contribution in [2.45, 2.75) is 32.1 Å². The number of hydrogen-bond donors (Lipinski definition) is 0. The van der Waals surface area contributed by atoms with Gasteiger partial charge in [0.25, 0.3) is 5.56 Å². The van der Waals surface area contributed by atoms with Crippen LogP contribution < -0.4 is 5.56 Å². The smallest absolute Gasteiger partial charge is 0.263 e. The number of halogens is 1. The van der Waals surface area contributed by atoms with Crippen LogP contribution >= 0.6 is 39.0 Å². The van der Waals surface area contributed by atoms with Crippen molar-refractivity contribution < 1.29 is 4.79 Å². The van der Waals surface area contributed by atoms with Crippen LogP contribution in [0.3, 0.4) is 0 Å². The van der Waals surface area contributed by atoms with Crippen LogP contribution in [0.1, 0.15) is 16.0 Å². The fourth-order valence-corrected chi connectivity index (χ4v) is 5.18. The second-order valence-corrected chi connectivity index (χ2v) is 9.79. The van der Waals surface area contributed by atoms with Gasteiger partial charge in [-0.05, 0) is 37.1 Å². The van der Waals surface area contributed by atoms with Gasteiger partial charge in [0.15, 0.2) is 5.16 Å². The summed E-state index contributed by atoms with van der Waals surface area (Å²) in [5.41, 5.74) is 1.96. The Bertz CT molecular complexity index is 1120. The van der Waals surface area contributed by atoms with E-state index in [0.717, 1.165) is 25.3 Å². The first kappa shape index (κ1) is 21.8. The third-order valence-electron chi connectivity index (χ3n) is 4.65. The number of allylic oxidation sites excluding steroid dienone is 1. The van der Waals surface area contributed by atoms with E-state index in [-0.39, 0.29) is 17.2 Å². The highest BCUT2D eigenvalue weighted by atomic mass is 79.9. The number of thioether (sulfide) groups is 1. The lowest BCUT2D eigenvalue weighted by Gasteiger charge is -2.17. The number of aryl methyl sites for hydroxylation is 2. The minimum absolute atomic E-state index is 0.0176. The average Bonchev–Trinajstić information content (AvgIpc) is 2.98. The Hall–Kier alpha value is -1.90. The summed E-state index contributed by atoms with van der Waals surface area (Å²) in [4.78, 5) is 33.8. The minimum atomic E-state index is -0.0742. The topological polar surface area (TPSA) is 55.2 Å². The molecule has 0 aliphatic carbocycles. The van der Waals surface area contributed by atoms with Gasteiger partial charge in [-0.3, -0.25) is 14.2 Å². The molecule has 29 heavy (non-hydrogen) atoms. The summed E-state index contributed by atoms with van der Waals surface area (Å²) in [6.07, 6.45) is 1.68. The van der Waals surface area contributed by atoms with E-state index in [1.807, 2.05) is 38.1 Å². The quantitative estimate of drug-likeness (QED) is 0.271. The number of carbonyl (C=O) groups excluding carboxylic acids is 1. The zero-order valence-electron chi connectivity index (χ0n) is 16.6. The predicted molar refractivity (Wildman–Crippen MR) is 125 cm³/mol. The average molecular weight is 492 g/mol. The largest absolute Gasteiger partial charge is 0.341 e. The van der Waals surface area contributed by atoms with Crippen LogP contribution in [-0.4, -0.2) is 33.2 Å². The van der Waals surface area contributed by atoms with Crippen molar-refractivity contribution in [1.29, 1.82) is 0 Å². The number of thiophene rings is 1. The van der Waals surface area contributed by atoms with Crippen LogP contribution in [-0.2, 0) is 17.9 Å². The first-order valence-corrected chi connectivity index (χ1v) is 11.6. The molecule has 0 spiro atoms. The molecule has 0 aliphatic rings. The first-order valence-electron chi connectivity index (χ1n) is 9.04. The van der Waals surface area contributed by atoms with E-state index in [1.54, 1.807) is 22.6 Å². The number of nitrogens with zero attached hydrogens (tertiary/aromatic N) is 3. The van der Waals surface area contributed by atoms with Crippen molar-refractivity contribution >= 4 is 55.2 Å². The Balaban J connectivity index is 1.79. The van der Waals surface area contributed by atoms with Crippen LogP contribution in [0.5, 0.6) is 0 Å². The molecule has 0 saturated heterocycles. The van der Waals surface area contributed by atoms with Crippen molar-refractivity contribution in [2.75, 3.05) is 12.8 Å². The van der Waals surface area contributed by atoms with Crippen LogP contribution in [0.25, 0.3) is 10.2 Å². The standard InChI is InChI=1S/C21H22BrN3O2S2/c1-5-10-25-20(27)18-13(2)14(3)29-19(18)23-21(25)28-12-17(26)24(4)11-15-6-8-16(22)9-7-15/h5-9H,1,10-12H2,2-4H3. The number of fused-ring (bicyclic) bond motifs is 1. The Morgan fingerprint density at radius 2 is 2.03 bits per heavy atom. The Kier molecular flexibility index (Phi) is 6.97. The zero-order chi connectivity index (χ0) is 21.1. The molecule has 3 rings (SSSR count). The highest BCUT2D eigenvalue weighted by molar-refractivity contribution is 9.10. The molecular formula is C21H22BrN3O2S2. The molecule has 5 nitrogen and oxygen atoms in total. The molecule has 0 fully saturated rings. The number of amides is 1. The highest BCUT2D eigenvalue weighted by Gasteiger charge is 2.18. The van der Waals surface area contributed by atoms with Crippen LogP contribution in [0, 0.1) is 13.8 Å². The maximum atomic E-state index is 13.0. The van der Waals surface area contributed by atoms with E-state index in [0.29, 0.717) is 23.6 Å². The van der Waals surface area contributed by atoms with E-state index in [4.69, 9.17) is 0 Å². The zero-order valence-corrected chi connectivity index (χ0v) is 19.8. The monoisotopic (exact) mass is 491 g/mol. The van der Waals surface area contributed by atoms with Gasteiger partial charge in [0.1, 0.15) is 4.83 Å². The molecule has 1 amide bonds. The molecule has 0 atom stereocenters. The molecule has 0 saturated carbocycles. The van der Waals surface area contributed by atoms with Gasteiger partial charge in [0.2, 0.25) is 5.91 Å². The number of rotatable bonds is 7. The third kappa shape index (κ3) is 4.82. The van der Waals surface area contributed by atoms with Gasteiger partial charge in [-0.25, -0.2) is 4.98 Å². The second kappa shape index (κ2) is 9.28. The lowest BCUT2D eigenvalue weighted by Crippen LogP contribution is -2.28. The van der Waals surface area contributed by atoms with Gasteiger partial charge in [0.05, 0.1) is 11.1 Å². The summed E-state index contributed by atoms with van der Waals surface area (Å²) in [5, 5.41) is 1.21. The molecule has 0 N–H and O–H groups in total. The van der Waals surface area contributed by atoms with Crippen molar-refractivity contribution in [2.24, 2.45) is 0 Å². The van der Waals surface area contributed by atoms with E-state index < -0.39 is 0 Å². The van der Waals surface area contributed by atoms with Crippen molar-refractivity contribution in [3.05, 3.63) is 67.8 Å². The first-order chi connectivity index (χ1) is 13.8. The molecule has 152 valence electrons. The molecule has 2 heterocycles. The van der Waals surface area contributed by atoms with Gasteiger partial charge >= 0.3 is 0 Å². The van der Waals surface area contributed by atoms with Crippen LogP contribution in [0.15, 0.2) is 51.3 Å². The lowest BCUT2D eigenvalue weighted by atomic mass is 10.2. The van der Waals surface area contributed by atoms with E-state index in [2.05, 4.69) is 27.5 Å². The summed E-state index contributed by atoms with van der Waals surface area (Å²) in [5.74, 6) is 0.196. The van der Waals surface area contributed by atoms with E-state index in [1.165, 1.54) is 23.1 Å². The van der Waals surface area contributed by atoms with Gasteiger partial charge in [0, 0.05) is 29.5 Å². The molecule has 2 aromatic heterocycles. The third-order valence-corrected chi connectivity index (χ3v) is 7.24. The minimum Gasteiger partial charge on any atom is -0.341 e. The van der Waals surface area contributed by atoms with Gasteiger partial charge in [-0.15, -0.1) is 17.9 Å². The number of aromatic nitrogens is 2. The molecule has 8 heteroatoms. The highest BCUT2D eigenvalue weighted by Crippen LogP contribution is 2.28. The molecule has 0 aliphatic heterocycles. The molecule has 1 aromatic carbocycles. The Morgan fingerprint density at radius 1 is 1.34 bits per heavy atom. The normalized spacial score (nSPS) is 11.0. The number of benzene rings is 1. The van der Waals surface area contributed by atoms with Crippen LogP contribution in [0.4, 0.5) is 0 Å². The summed E-state index contributed by atoms with van der Waals surface area (Å²) >= 11 is 6.22. The summed E-state index contributed by atoms with van der Waals surface area (Å²) in [7, 11) is 1.78. The second-order valence-electron chi connectivity index (χ2n) is 6.73. The van der Waals surface area contributed by atoms with Gasteiger partial charge in [-0.1, -0.05) is 45.9 Å². The van der Waals surface area contributed by atoms with Crippen molar-refractivity contribution in [3.8, 4) is 0 Å². The summed E-state index contributed by atoms with van der Waals surface area (Å²) in [6.45, 7) is 8.58. The molecule has 3 aromatic rings. The molecule has 0 bridgehead atoms. The van der Waals surface area contributed by atoms with Gasteiger partial charge in [-0.2, -0.15) is 0 Å². The molecule has 0 unspecified atom stereocenters. The van der Waals surface area contributed by atoms with Crippen molar-refractivity contribution in [3.63, 3.8) is 0 Å². The molecule has 0 radical (unpaired) electrons. The number of hydrogen-bond acceptors (Lipinski definition) is 5. The fraction of sp³-hybridized carbons (Fsp3) is 0.286. The van der Waals surface area contributed by atoms with Gasteiger partial charge < -0.3 is 4.90 Å². The fourth-order valence-electron chi connectivity index (χ4n) is 2.90. The Labute approximate surface area is 186 Å². The van der Waals surface area contributed by atoms with Crippen molar-refractivity contribution in [1.82, 2.24) is 14.5 Å². The van der Waals surface area contributed by atoms with E-state index in [9.17, 15) is 9.59 Å². The molecular weight excluding hydrogens is 470 g/mol. The van der Waals surface area contributed by atoms with E-state index >= 15 is 0 Å². The summed E-state index contributed by atoms with van der Waals surface area (Å²) < 4.78 is 2.60. The predicted octanol–water partition coefficient (Wildman–Crippen LogP) is 4.77. The Morgan fingerprint density at radius 3 is 2.69 bits per heavy atom. The number of carbonyl (C=O) groups is 1. The lowest BCUT2D eigenvalue weighted by molar-refractivity contribution is -0.127. The van der Waals surface area contributed by atoms with Crippen LogP contribution in [0.2, 0.25) is 0 Å². The maximum absolute atomic E-state index is 13.0.